The van der Waals surface area contributed by atoms with Crippen LogP contribution in [0.4, 0.5) is 0 Å². The van der Waals surface area contributed by atoms with Gasteiger partial charge in [-0.15, -0.1) is 0 Å². The van der Waals surface area contributed by atoms with Crippen LogP contribution in [-0.4, -0.2) is 10.1 Å². The number of pyridine rings is 1. The molecule has 1 N–H and O–H groups in total. The van der Waals surface area contributed by atoms with E-state index in [2.05, 4.69) is 35.3 Å². The predicted molar refractivity (Wildman–Crippen MR) is 136 cm³/mol. The van der Waals surface area contributed by atoms with Gasteiger partial charge >= 0.3 is 0 Å². The maximum atomic E-state index is 9.53. The van der Waals surface area contributed by atoms with Crippen molar-refractivity contribution < 1.29 is 21.6 Å². The third-order valence-corrected chi connectivity index (χ3v) is 6.77. The minimum absolute atomic E-state index is 0. The molecule has 0 unspecified atom stereocenters. The first-order chi connectivity index (χ1) is 15.1. The summed E-state index contributed by atoms with van der Waals surface area (Å²) < 4.78 is 0. The summed E-state index contributed by atoms with van der Waals surface area (Å²) in [7, 11) is -1.01. The number of benzene rings is 3. The minimum atomic E-state index is -1.01. The third-order valence-electron chi connectivity index (χ3n) is 4.16. The summed E-state index contributed by atoms with van der Waals surface area (Å²) >= 11 is 0. The number of aryl methyl sites for hydroxylation is 2. The fourth-order valence-electron chi connectivity index (χ4n) is 2.80. The number of hydrogen-bond donors (Lipinski definition) is 1. The maximum absolute atomic E-state index is 9.53. The van der Waals surface area contributed by atoms with Crippen molar-refractivity contribution in [2.24, 2.45) is 0 Å². The van der Waals surface area contributed by atoms with E-state index < -0.39 is 7.92 Å². The number of aliphatic hydroxyl groups is 1. The molecule has 32 heavy (non-hydrogen) atoms. The van der Waals surface area contributed by atoms with Crippen LogP contribution < -0.4 is 10.6 Å². The van der Waals surface area contributed by atoms with Crippen LogP contribution in [0.25, 0.3) is 0 Å². The summed E-state index contributed by atoms with van der Waals surface area (Å²) in [4.78, 5) is 4.17. The van der Waals surface area contributed by atoms with Gasteiger partial charge in [-0.3, -0.25) is 4.98 Å². The van der Waals surface area contributed by atoms with E-state index in [9.17, 15) is 5.11 Å². The SMILES string of the molecule is C/C(O)=C/[PH+](c1ccccc1)c1ccccc1.Cc1cccc(C)n1.[Ni].[c-]1ccccc1. The zero-order valence-corrected chi connectivity index (χ0v) is 20.7. The fraction of sp³-hybridized carbons (Fsp3) is 0.107. The third kappa shape index (κ3) is 11.1. The van der Waals surface area contributed by atoms with Crippen LogP contribution in [0.2, 0.25) is 0 Å². The predicted octanol–water partition coefficient (Wildman–Crippen LogP) is 6.45. The molecule has 0 saturated heterocycles. The number of nitrogens with zero attached hydrogens (tertiary/aromatic N) is 1. The van der Waals surface area contributed by atoms with Crippen LogP contribution >= 0.6 is 7.92 Å². The Morgan fingerprint density at radius 1 is 0.719 bits per heavy atom. The van der Waals surface area contributed by atoms with E-state index in [1.54, 1.807) is 6.92 Å². The fourth-order valence-corrected chi connectivity index (χ4v) is 4.99. The van der Waals surface area contributed by atoms with E-state index in [1.807, 2.05) is 105 Å². The number of rotatable bonds is 3. The van der Waals surface area contributed by atoms with Crippen LogP contribution in [0, 0.1) is 19.9 Å². The normalized spacial score (nSPS) is 10.1. The number of hydrogen-bond acceptors (Lipinski definition) is 2. The average molecular weight is 486 g/mol. The van der Waals surface area contributed by atoms with Crippen molar-refractivity contribution in [3.8, 4) is 0 Å². The molecule has 0 spiro atoms. The summed E-state index contributed by atoms with van der Waals surface area (Å²) in [6.07, 6.45) is 0. The van der Waals surface area contributed by atoms with Gasteiger partial charge in [-0.1, -0.05) is 42.5 Å². The van der Waals surface area contributed by atoms with Crippen LogP contribution in [0.15, 0.2) is 121 Å². The van der Waals surface area contributed by atoms with Gasteiger partial charge in [0, 0.05) is 27.9 Å². The van der Waals surface area contributed by atoms with Crippen LogP contribution in [-0.2, 0) is 16.5 Å². The largest absolute Gasteiger partial charge is 0.509 e. The van der Waals surface area contributed by atoms with Crippen molar-refractivity contribution in [2.45, 2.75) is 20.8 Å². The molecule has 0 aliphatic heterocycles. The van der Waals surface area contributed by atoms with E-state index >= 15 is 0 Å². The van der Waals surface area contributed by atoms with Crippen LogP contribution in [0.3, 0.4) is 0 Å². The second-order valence-corrected chi connectivity index (χ2v) is 9.20. The Kier molecular flexibility index (Phi) is 13.6. The maximum Gasteiger partial charge on any atom is 0.124 e. The Morgan fingerprint density at radius 2 is 1.16 bits per heavy atom. The quantitative estimate of drug-likeness (QED) is 0.156. The van der Waals surface area contributed by atoms with Gasteiger partial charge in [0.2, 0.25) is 0 Å². The number of allylic oxidation sites excluding steroid dienone is 1. The first kappa shape index (κ1) is 27.3. The van der Waals surface area contributed by atoms with Gasteiger partial charge in [0.25, 0.3) is 0 Å². The second kappa shape index (κ2) is 16.0. The number of aromatic nitrogens is 1. The molecule has 0 bridgehead atoms. The minimum Gasteiger partial charge on any atom is -0.509 e. The van der Waals surface area contributed by atoms with Gasteiger partial charge in [-0.2, -0.15) is 36.4 Å². The van der Waals surface area contributed by atoms with Gasteiger partial charge in [-0.05, 0) is 57.2 Å². The summed E-state index contributed by atoms with van der Waals surface area (Å²) in [5, 5.41) is 12.1. The molecule has 3 aromatic carbocycles. The monoisotopic (exact) mass is 485 g/mol. The van der Waals surface area contributed by atoms with Crippen molar-refractivity contribution in [2.75, 3.05) is 0 Å². The van der Waals surface area contributed by atoms with Crippen molar-refractivity contribution in [3.63, 3.8) is 0 Å². The Balaban J connectivity index is 0.000000282. The van der Waals surface area contributed by atoms with Gasteiger partial charge < -0.3 is 5.11 Å². The van der Waals surface area contributed by atoms with Crippen LogP contribution in [0.5, 0.6) is 0 Å². The molecule has 0 aliphatic rings. The summed E-state index contributed by atoms with van der Waals surface area (Å²) in [5.74, 6) is 2.38. The first-order valence-electron chi connectivity index (χ1n) is 10.2. The van der Waals surface area contributed by atoms with Gasteiger partial charge in [0.05, 0.1) is 7.92 Å². The van der Waals surface area contributed by atoms with Crippen LogP contribution in [0.1, 0.15) is 18.3 Å². The second-order valence-electron chi connectivity index (χ2n) is 6.93. The zero-order valence-electron chi connectivity index (χ0n) is 18.7. The topological polar surface area (TPSA) is 33.1 Å². The van der Waals surface area contributed by atoms with E-state index in [4.69, 9.17) is 0 Å². The molecule has 0 fully saturated rings. The molecule has 1 heterocycles. The summed E-state index contributed by atoms with van der Waals surface area (Å²) in [6.45, 7) is 5.72. The molecule has 0 atom stereocenters. The molecule has 0 radical (unpaired) electrons. The Bertz CT molecular complexity index is 937. The molecule has 1 aromatic heterocycles. The van der Waals surface area contributed by atoms with Crippen molar-refractivity contribution in [1.82, 2.24) is 4.98 Å². The molecule has 168 valence electrons. The number of aliphatic hydroxyl groups excluding tert-OH is 1. The van der Waals surface area contributed by atoms with E-state index in [1.165, 1.54) is 10.6 Å². The van der Waals surface area contributed by atoms with Crippen molar-refractivity contribution >= 4 is 18.5 Å². The zero-order chi connectivity index (χ0) is 22.3. The standard InChI is InChI=1S/C15H15OP.C7H9N.C6H5.Ni/c1-13(16)12-17(14-8-4-2-5-9-14)15-10-6-3-7-11-15;1-6-4-3-5-7(2)8-6;1-2-4-6-5-3-1;/h2-12,16H,1H3;3-5H,1-2H3;1-5H;/q;;-1;/p+1/b13-12-;;;. The summed E-state index contributed by atoms with van der Waals surface area (Å²) in [6, 6.07) is 39.2. The average Bonchev–Trinajstić information content (AvgIpc) is 2.80. The smallest absolute Gasteiger partial charge is 0.124 e. The van der Waals surface area contributed by atoms with E-state index in [0.29, 0.717) is 5.76 Å². The van der Waals surface area contributed by atoms with E-state index in [0.717, 1.165) is 11.4 Å². The molecular formula is C28H30NNiOP. The van der Waals surface area contributed by atoms with Gasteiger partial charge in [0.1, 0.15) is 22.2 Å². The molecule has 4 aromatic rings. The molecular weight excluding hydrogens is 456 g/mol. The molecule has 0 saturated carbocycles. The Labute approximate surface area is 203 Å². The van der Waals surface area contributed by atoms with Gasteiger partial charge in [-0.25, -0.2) is 0 Å². The molecule has 0 aliphatic carbocycles. The van der Waals surface area contributed by atoms with Crippen molar-refractivity contribution in [3.05, 3.63) is 138 Å². The Hall–Kier alpha value is -2.73. The van der Waals surface area contributed by atoms with Gasteiger partial charge in [0.15, 0.2) is 0 Å². The molecule has 2 nitrogen and oxygen atoms in total. The molecule has 4 heteroatoms. The Morgan fingerprint density at radius 3 is 1.44 bits per heavy atom. The molecule has 0 amide bonds. The van der Waals surface area contributed by atoms with Crippen molar-refractivity contribution in [1.29, 1.82) is 0 Å². The van der Waals surface area contributed by atoms with E-state index in [-0.39, 0.29) is 16.5 Å². The first-order valence-corrected chi connectivity index (χ1v) is 11.8. The summed E-state index contributed by atoms with van der Waals surface area (Å²) in [5.41, 5.74) is 2.18. The molecule has 4 rings (SSSR count).